The average molecular weight is 400 g/mol. The molecule has 2 aliphatic rings. The predicted octanol–water partition coefficient (Wildman–Crippen LogP) is 1.81. The van der Waals surface area contributed by atoms with Crippen LogP contribution < -0.4 is 10.5 Å². The SMILES string of the molecule is Cl.NC1CCCC(C(=O)N2CCN(C(=O)COc3ccc(F)cc3)CC2)C1. The van der Waals surface area contributed by atoms with Crippen molar-refractivity contribution in [2.24, 2.45) is 11.7 Å². The summed E-state index contributed by atoms with van der Waals surface area (Å²) in [4.78, 5) is 28.5. The van der Waals surface area contributed by atoms with Crippen LogP contribution in [0, 0.1) is 11.7 Å². The van der Waals surface area contributed by atoms with Crippen molar-refractivity contribution in [2.75, 3.05) is 32.8 Å². The van der Waals surface area contributed by atoms with Gasteiger partial charge in [0.05, 0.1) is 0 Å². The zero-order valence-corrected chi connectivity index (χ0v) is 16.1. The van der Waals surface area contributed by atoms with E-state index in [-0.39, 0.29) is 48.6 Å². The second kappa shape index (κ2) is 9.90. The zero-order chi connectivity index (χ0) is 18.5. The molecule has 0 radical (unpaired) electrons. The van der Waals surface area contributed by atoms with Crippen LogP contribution in [-0.2, 0) is 9.59 Å². The molecular weight excluding hydrogens is 373 g/mol. The molecule has 2 N–H and O–H groups in total. The van der Waals surface area contributed by atoms with Crippen LogP contribution in [0.5, 0.6) is 5.75 Å². The van der Waals surface area contributed by atoms with E-state index in [1.165, 1.54) is 24.3 Å². The van der Waals surface area contributed by atoms with Gasteiger partial charge in [-0.25, -0.2) is 4.39 Å². The number of nitrogens with two attached hydrogens (primary N) is 1. The topological polar surface area (TPSA) is 75.9 Å². The van der Waals surface area contributed by atoms with Gasteiger partial charge >= 0.3 is 0 Å². The quantitative estimate of drug-likeness (QED) is 0.837. The first kappa shape index (κ1) is 21.4. The van der Waals surface area contributed by atoms with Gasteiger partial charge in [-0.1, -0.05) is 6.42 Å². The van der Waals surface area contributed by atoms with Gasteiger partial charge in [-0.3, -0.25) is 9.59 Å². The van der Waals surface area contributed by atoms with Gasteiger partial charge < -0.3 is 20.3 Å². The molecule has 0 spiro atoms. The molecule has 3 rings (SSSR count). The summed E-state index contributed by atoms with van der Waals surface area (Å²) in [6, 6.07) is 5.70. The number of rotatable bonds is 4. The maximum absolute atomic E-state index is 12.9. The highest BCUT2D eigenvalue weighted by atomic mass is 35.5. The Hall–Kier alpha value is -1.86. The summed E-state index contributed by atoms with van der Waals surface area (Å²) < 4.78 is 18.3. The van der Waals surface area contributed by atoms with Crippen molar-refractivity contribution in [3.05, 3.63) is 30.1 Å². The van der Waals surface area contributed by atoms with E-state index in [9.17, 15) is 14.0 Å². The third-order valence-corrected chi connectivity index (χ3v) is 5.18. The Morgan fingerprint density at radius 2 is 1.70 bits per heavy atom. The molecule has 6 nitrogen and oxygen atoms in total. The summed E-state index contributed by atoms with van der Waals surface area (Å²) in [5.41, 5.74) is 5.99. The minimum atomic E-state index is -0.344. The van der Waals surface area contributed by atoms with Crippen molar-refractivity contribution in [3.8, 4) is 5.75 Å². The highest BCUT2D eigenvalue weighted by Gasteiger charge is 2.31. The van der Waals surface area contributed by atoms with E-state index in [0.717, 1.165) is 25.7 Å². The highest BCUT2D eigenvalue weighted by Crippen LogP contribution is 2.25. The Labute approximate surface area is 165 Å². The van der Waals surface area contributed by atoms with E-state index in [2.05, 4.69) is 0 Å². The number of hydrogen-bond donors (Lipinski definition) is 1. The molecule has 1 aromatic carbocycles. The van der Waals surface area contributed by atoms with E-state index < -0.39 is 0 Å². The fraction of sp³-hybridized carbons (Fsp3) is 0.579. The standard InChI is InChI=1S/C19H26FN3O3.ClH/c20-15-4-6-17(7-5-15)26-13-18(24)22-8-10-23(11-9-22)19(25)14-2-1-3-16(21)12-14;/h4-7,14,16H,1-3,8-13,21H2;1H. The van der Waals surface area contributed by atoms with Gasteiger partial charge in [0.25, 0.3) is 5.91 Å². The number of halogens is 2. The van der Waals surface area contributed by atoms with Crippen molar-refractivity contribution in [1.82, 2.24) is 9.80 Å². The molecule has 8 heteroatoms. The van der Waals surface area contributed by atoms with Crippen LogP contribution in [0.3, 0.4) is 0 Å². The first-order valence-corrected chi connectivity index (χ1v) is 9.23. The first-order valence-electron chi connectivity index (χ1n) is 9.23. The minimum Gasteiger partial charge on any atom is -0.484 e. The summed E-state index contributed by atoms with van der Waals surface area (Å²) in [5.74, 6) is 0.198. The molecule has 27 heavy (non-hydrogen) atoms. The molecule has 2 atom stereocenters. The number of ether oxygens (including phenoxy) is 1. The lowest BCUT2D eigenvalue weighted by Gasteiger charge is -2.37. The Morgan fingerprint density at radius 3 is 2.33 bits per heavy atom. The molecule has 1 aliphatic carbocycles. The van der Waals surface area contributed by atoms with Crippen LogP contribution >= 0.6 is 12.4 Å². The molecule has 0 bridgehead atoms. The zero-order valence-electron chi connectivity index (χ0n) is 15.3. The van der Waals surface area contributed by atoms with E-state index >= 15 is 0 Å². The Bertz CT molecular complexity index is 636. The number of piperazine rings is 1. The van der Waals surface area contributed by atoms with E-state index in [1.54, 1.807) is 4.90 Å². The molecule has 2 fully saturated rings. The Kier molecular flexibility index (Phi) is 7.86. The molecule has 1 saturated heterocycles. The molecule has 0 aromatic heterocycles. The third kappa shape index (κ3) is 5.81. The van der Waals surface area contributed by atoms with Crippen LogP contribution in [0.4, 0.5) is 4.39 Å². The van der Waals surface area contributed by atoms with Crippen molar-refractivity contribution < 1.29 is 18.7 Å². The summed E-state index contributed by atoms with van der Waals surface area (Å²) in [6.45, 7) is 2.03. The maximum Gasteiger partial charge on any atom is 0.260 e. The fourth-order valence-electron chi connectivity index (χ4n) is 3.65. The third-order valence-electron chi connectivity index (χ3n) is 5.18. The van der Waals surface area contributed by atoms with Gasteiger partial charge in [-0.2, -0.15) is 0 Å². The monoisotopic (exact) mass is 399 g/mol. The number of hydrogen-bond acceptors (Lipinski definition) is 4. The number of nitrogens with zero attached hydrogens (tertiary/aromatic N) is 2. The molecular formula is C19H27ClFN3O3. The first-order chi connectivity index (χ1) is 12.5. The Balaban J connectivity index is 0.00000261. The van der Waals surface area contributed by atoms with Crippen molar-refractivity contribution in [3.63, 3.8) is 0 Å². The van der Waals surface area contributed by atoms with Crippen molar-refractivity contribution in [2.45, 2.75) is 31.7 Å². The molecule has 2 amide bonds. The molecule has 1 aromatic rings. The molecule has 1 aliphatic heterocycles. The second-order valence-corrected chi connectivity index (χ2v) is 7.07. The number of carbonyl (C=O) groups is 2. The average Bonchev–Trinajstić information content (AvgIpc) is 2.67. The lowest BCUT2D eigenvalue weighted by atomic mass is 9.85. The largest absolute Gasteiger partial charge is 0.484 e. The number of benzene rings is 1. The van der Waals surface area contributed by atoms with Crippen LogP contribution in [0.25, 0.3) is 0 Å². The van der Waals surface area contributed by atoms with Crippen LogP contribution in [0.15, 0.2) is 24.3 Å². The van der Waals surface area contributed by atoms with Gasteiger partial charge in [0.1, 0.15) is 11.6 Å². The summed E-state index contributed by atoms with van der Waals surface area (Å²) >= 11 is 0. The molecule has 1 saturated carbocycles. The molecule has 2 unspecified atom stereocenters. The summed E-state index contributed by atoms with van der Waals surface area (Å²) in [5, 5.41) is 0. The Morgan fingerprint density at radius 1 is 1.07 bits per heavy atom. The summed E-state index contributed by atoms with van der Waals surface area (Å²) in [6.07, 6.45) is 3.69. The van der Waals surface area contributed by atoms with E-state index in [4.69, 9.17) is 10.5 Å². The fourth-order valence-corrected chi connectivity index (χ4v) is 3.65. The van der Waals surface area contributed by atoms with Crippen LogP contribution in [0.1, 0.15) is 25.7 Å². The van der Waals surface area contributed by atoms with Gasteiger partial charge in [-0.15, -0.1) is 12.4 Å². The predicted molar refractivity (Wildman–Crippen MR) is 102 cm³/mol. The van der Waals surface area contributed by atoms with Crippen molar-refractivity contribution in [1.29, 1.82) is 0 Å². The lowest BCUT2D eigenvalue weighted by molar-refractivity contribution is -0.143. The lowest BCUT2D eigenvalue weighted by Crippen LogP contribution is -2.53. The van der Waals surface area contributed by atoms with E-state index in [0.29, 0.717) is 31.9 Å². The van der Waals surface area contributed by atoms with Gasteiger partial charge in [0.2, 0.25) is 5.91 Å². The van der Waals surface area contributed by atoms with Crippen molar-refractivity contribution >= 4 is 24.2 Å². The van der Waals surface area contributed by atoms with Crippen LogP contribution in [0.2, 0.25) is 0 Å². The second-order valence-electron chi connectivity index (χ2n) is 7.07. The van der Waals surface area contributed by atoms with Crippen LogP contribution in [-0.4, -0.2) is 60.4 Å². The highest BCUT2D eigenvalue weighted by molar-refractivity contribution is 5.85. The van der Waals surface area contributed by atoms with Gasteiger partial charge in [0, 0.05) is 38.1 Å². The number of amides is 2. The molecule has 150 valence electrons. The van der Waals surface area contributed by atoms with Gasteiger partial charge in [-0.05, 0) is 43.5 Å². The van der Waals surface area contributed by atoms with E-state index in [1.807, 2.05) is 4.90 Å². The van der Waals surface area contributed by atoms with Gasteiger partial charge in [0.15, 0.2) is 6.61 Å². The summed E-state index contributed by atoms with van der Waals surface area (Å²) in [7, 11) is 0. The normalized spacial score (nSPS) is 22.7. The number of carbonyl (C=O) groups excluding carboxylic acids is 2. The smallest absolute Gasteiger partial charge is 0.260 e. The minimum absolute atomic E-state index is 0. The maximum atomic E-state index is 12.9. The molecule has 1 heterocycles.